The van der Waals surface area contributed by atoms with Gasteiger partial charge in [-0.2, -0.15) is 0 Å². The SMILES string of the molecule is CCNc1nc(C2CN(C(C)C)CCO2)nc(CC)c1I. The lowest BCUT2D eigenvalue weighted by Crippen LogP contribution is -2.42. The molecule has 1 fully saturated rings. The number of morpholine rings is 1. The molecule has 2 rings (SSSR count). The first kappa shape index (κ1) is 16.9. The van der Waals surface area contributed by atoms with Crippen LogP contribution in [-0.4, -0.2) is 47.2 Å². The maximum atomic E-state index is 5.92. The Hall–Kier alpha value is -0.470. The van der Waals surface area contributed by atoms with Gasteiger partial charge in [0.25, 0.3) is 0 Å². The summed E-state index contributed by atoms with van der Waals surface area (Å²) < 4.78 is 7.04. The van der Waals surface area contributed by atoms with Crippen molar-refractivity contribution in [1.29, 1.82) is 0 Å². The van der Waals surface area contributed by atoms with Gasteiger partial charge in [-0.15, -0.1) is 0 Å². The third-order valence-electron chi connectivity index (χ3n) is 3.73. The topological polar surface area (TPSA) is 50.3 Å². The fraction of sp³-hybridized carbons (Fsp3) is 0.733. The molecule has 1 atom stereocenters. The number of nitrogens with zero attached hydrogens (tertiary/aromatic N) is 3. The van der Waals surface area contributed by atoms with Crippen molar-refractivity contribution in [3.8, 4) is 0 Å². The molecule has 1 aromatic heterocycles. The summed E-state index contributed by atoms with van der Waals surface area (Å²) in [7, 11) is 0. The molecule has 1 saturated heterocycles. The lowest BCUT2D eigenvalue weighted by atomic mass is 10.2. The van der Waals surface area contributed by atoms with Crippen LogP contribution in [0.2, 0.25) is 0 Å². The van der Waals surface area contributed by atoms with Crippen LogP contribution in [0.25, 0.3) is 0 Å². The molecule has 2 heterocycles. The van der Waals surface area contributed by atoms with Gasteiger partial charge in [0.2, 0.25) is 0 Å². The number of hydrogen-bond acceptors (Lipinski definition) is 5. The molecule has 1 aliphatic heterocycles. The summed E-state index contributed by atoms with van der Waals surface area (Å²) in [5, 5.41) is 3.34. The molecule has 1 N–H and O–H groups in total. The van der Waals surface area contributed by atoms with Gasteiger partial charge >= 0.3 is 0 Å². The molecular formula is C15H25IN4O. The highest BCUT2D eigenvalue weighted by Crippen LogP contribution is 2.26. The van der Waals surface area contributed by atoms with Crippen LogP contribution in [0, 0.1) is 3.57 Å². The van der Waals surface area contributed by atoms with E-state index in [2.05, 4.69) is 60.5 Å². The minimum Gasteiger partial charge on any atom is -0.369 e. The van der Waals surface area contributed by atoms with Gasteiger partial charge in [-0.1, -0.05) is 6.92 Å². The van der Waals surface area contributed by atoms with Crippen molar-refractivity contribution >= 4 is 28.4 Å². The average Bonchev–Trinajstić information content (AvgIpc) is 2.49. The standard InChI is InChI=1S/C15H25IN4O/c1-5-11-13(16)15(17-6-2)19-14(18-11)12-9-20(10(3)4)7-8-21-12/h10,12H,5-9H2,1-4H3,(H,17,18,19). The summed E-state index contributed by atoms with van der Waals surface area (Å²) in [6, 6.07) is 0.527. The molecule has 0 aliphatic carbocycles. The van der Waals surface area contributed by atoms with E-state index in [0.29, 0.717) is 6.04 Å². The molecule has 0 aromatic carbocycles. The Labute approximate surface area is 141 Å². The molecule has 21 heavy (non-hydrogen) atoms. The number of rotatable bonds is 5. The van der Waals surface area contributed by atoms with Crippen LogP contribution >= 0.6 is 22.6 Å². The number of aryl methyl sites for hydroxylation is 1. The zero-order chi connectivity index (χ0) is 15.4. The highest BCUT2D eigenvalue weighted by Gasteiger charge is 2.27. The highest BCUT2D eigenvalue weighted by molar-refractivity contribution is 14.1. The van der Waals surface area contributed by atoms with Crippen molar-refractivity contribution in [3.05, 3.63) is 15.1 Å². The van der Waals surface area contributed by atoms with Crippen LogP contribution in [0.15, 0.2) is 0 Å². The Kier molecular flexibility index (Phi) is 6.19. The largest absolute Gasteiger partial charge is 0.369 e. The van der Waals surface area contributed by atoms with Crippen molar-refractivity contribution in [2.45, 2.75) is 46.3 Å². The second-order valence-corrected chi connectivity index (χ2v) is 6.60. The van der Waals surface area contributed by atoms with Crippen molar-refractivity contribution in [2.24, 2.45) is 0 Å². The first-order valence-corrected chi connectivity index (χ1v) is 8.80. The first-order valence-electron chi connectivity index (χ1n) is 7.72. The zero-order valence-electron chi connectivity index (χ0n) is 13.3. The first-order chi connectivity index (χ1) is 10.1. The Morgan fingerprint density at radius 2 is 2.14 bits per heavy atom. The molecular weight excluding hydrogens is 379 g/mol. The molecule has 1 aromatic rings. The van der Waals surface area contributed by atoms with Gasteiger partial charge in [-0.25, -0.2) is 9.97 Å². The van der Waals surface area contributed by atoms with Crippen LogP contribution in [0.3, 0.4) is 0 Å². The van der Waals surface area contributed by atoms with E-state index >= 15 is 0 Å². The molecule has 118 valence electrons. The predicted octanol–water partition coefficient (Wildman–Crippen LogP) is 2.86. The summed E-state index contributed by atoms with van der Waals surface area (Å²) in [4.78, 5) is 11.9. The molecule has 5 nitrogen and oxygen atoms in total. The molecule has 0 bridgehead atoms. The van der Waals surface area contributed by atoms with Crippen LogP contribution in [0.5, 0.6) is 0 Å². The third-order valence-corrected chi connectivity index (χ3v) is 4.87. The Balaban J connectivity index is 2.27. The van der Waals surface area contributed by atoms with E-state index in [4.69, 9.17) is 14.7 Å². The molecule has 1 aliphatic rings. The second-order valence-electron chi connectivity index (χ2n) is 5.52. The minimum absolute atomic E-state index is 0.0270. The Morgan fingerprint density at radius 3 is 2.76 bits per heavy atom. The van der Waals surface area contributed by atoms with Gasteiger partial charge in [0.05, 0.1) is 15.9 Å². The maximum Gasteiger partial charge on any atom is 0.161 e. The van der Waals surface area contributed by atoms with Gasteiger partial charge in [0, 0.05) is 25.7 Å². The third kappa shape index (κ3) is 4.04. The number of hydrogen-bond donors (Lipinski definition) is 1. The van der Waals surface area contributed by atoms with E-state index in [-0.39, 0.29) is 6.10 Å². The Bertz CT molecular complexity index is 481. The van der Waals surface area contributed by atoms with E-state index in [1.54, 1.807) is 0 Å². The van der Waals surface area contributed by atoms with E-state index < -0.39 is 0 Å². The predicted molar refractivity (Wildman–Crippen MR) is 93.7 cm³/mol. The summed E-state index contributed by atoms with van der Waals surface area (Å²) in [5.41, 5.74) is 1.10. The van der Waals surface area contributed by atoms with E-state index in [0.717, 1.165) is 53.6 Å². The minimum atomic E-state index is -0.0270. The van der Waals surface area contributed by atoms with Crippen LogP contribution in [0.4, 0.5) is 5.82 Å². The lowest BCUT2D eigenvalue weighted by Gasteiger charge is -2.35. The number of aromatic nitrogens is 2. The van der Waals surface area contributed by atoms with Crippen molar-refractivity contribution < 1.29 is 4.74 Å². The molecule has 0 amide bonds. The van der Waals surface area contributed by atoms with Crippen molar-refractivity contribution in [2.75, 3.05) is 31.6 Å². The summed E-state index contributed by atoms with van der Waals surface area (Å²) in [6.45, 7) is 12.1. The fourth-order valence-electron chi connectivity index (χ4n) is 2.47. The normalized spacial score (nSPS) is 20.0. The van der Waals surface area contributed by atoms with Gasteiger partial charge in [-0.3, -0.25) is 4.90 Å². The second kappa shape index (κ2) is 7.69. The number of nitrogens with one attached hydrogen (secondary N) is 1. The fourth-order valence-corrected chi connectivity index (χ4v) is 3.28. The van der Waals surface area contributed by atoms with E-state index in [1.807, 2.05) is 0 Å². The lowest BCUT2D eigenvalue weighted by molar-refractivity contribution is -0.0443. The van der Waals surface area contributed by atoms with Gasteiger partial charge in [0.15, 0.2) is 5.82 Å². The smallest absolute Gasteiger partial charge is 0.161 e. The van der Waals surface area contributed by atoms with Crippen molar-refractivity contribution in [3.63, 3.8) is 0 Å². The molecule has 1 unspecified atom stereocenters. The van der Waals surface area contributed by atoms with Gasteiger partial charge in [-0.05, 0) is 49.8 Å². The number of halogens is 1. The van der Waals surface area contributed by atoms with Crippen LogP contribution in [0.1, 0.15) is 45.3 Å². The molecule has 6 heteroatoms. The average molecular weight is 404 g/mol. The molecule has 0 radical (unpaired) electrons. The van der Waals surface area contributed by atoms with Crippen LogP contribution < -0.4 is 5.32 Å². The van der Waals surface area contributed by atoms with Crippen molar-refractivity contribution in [1.82, 2.24) is 14.9 Å². The summed E-state index contributed by atoms with van der Waals surface area (Å²) in [5.74, 6) is 1.75. The van der Waals surface area contributed by atoms with Gasteiger partial charge < -0.3 is 10.1 Å². The zero-order valence-corrected chi connectivity index (χ0v) is 15.5. The number of ether oxygens (including phenoxy) is 1. The quantitative estimate of drug-likeness (QED) is 0.765. The van der Waals surface area contributed by atoms with E-state index in [9.17, 15) is 0 Å². The molecule has 0 spiro atoms. The maximum absolute atomic E-state index is 5.92. The Morgan fingerprint density at radius 1 is 1.38 bits per heavy atom. The number of anilines is 1. The molecule has 0 saturated carbocycles. The monoisotopic (exact) mass is 404 g/mol. The van der Waals surface area contributed by atoms with Crippen LogP contribution in [-0.2, 0) is 11.2 Å². The summed E-state index contributed by atoms with van der Waals surface area (Å²) in [6.07, 6.45) is 0.883. The highest BCUT2D eigenvalue weighted by atomic mass is 127. The summed E-state index contributed by atoms with van der Waals surface area (Å²) >= 11 is 2.33. The van der Waals surface area contributed by atoms with E-state index in [1.165, 1.54) is 0 Å². The van der Waals surface area contributed by atoms with Gasteiger partial charge in [0.1, 0.15) is 11.9 Å².